The molecule has 0 aromatic heterocycles. The summed E-state index contributed by atoms with van der Waals surface area (Å²) < 4.78 is 1.27. The van der Waals surface area contributed by atoms with Crippen LogP contribution in [-0.4, -0.2) is 32.2 Å². The molecule has 2 saturated heterocycles. The number of piperidine rings is 2. The Morgan fingerprint density at radius 3 is 2.22 bits per heavy atom. The number of quaternary nitrogens is 1. The number of nitrogens with one attached hydrogen (secondary N) is 1. The zero-order valence-electron chi connectivity index (χ0n) is 11.3. The summed E-state index contributed by atoms with van der Waals surface area (Å²) in [5.41, 5.74) is 1.56. The van der Waals surface area contributed by atoms with Crippen LogP contribution in [0.25, 0.3) is 0 Å². The van der Waals surface area contributed by atoms with Crippen LogP contribution in [0.1, 0.15) is 32.1 Å². The Morgan fingerprint density at radius 2 is 1.56 bits per heavy atom. The summed E-state index contributed by atoms with van der Waals surface area (Å²) in [7, 11) is 0. The Hall–Kier alpha value is -0.860. The van der Waals surface area contributed by atoms with Crippen LogP contribution < -0.4 is 9.80 Å². The van der Waals surface area contributed by atoms with E-state index in [-0.39, 0.29) is 0 Å². The smallest absolute Gasteiger partial charge is 0.133 e. The van der Waals surface area contributed by atoms with Gasteiger partial charge in [-0.15, -0.1) is 0 Å². The third kappa shape index (κ3) is 2.19. The molecule has 2 heteroatoms. The van der Waals surface area contributed by atoms with Crippen molar-refractivity contribution in [3.63, 3.8) is 0 Å². The van der Waals surface area contributed by atoms with Gasteiger partial charge in [0, 0.05) is 25.9 Å². The second-order valence-corrected chi connectivity index (χ2v) is 5.86. The van der Waals surface area contributed by atoms with Crippen LogP contribution in [0.2, 0.25) is 0 Å². The van der Waals surface area contributed by atoms with Gasteiger partial charge >= 0.3 is 0 Å². The van der Waals surface area contributed by atoms with Crippen LogP contribution in [0.15, 0.2) is 30.3 Å². The first kappa shape index (κ1) is 12.2. The molecule has 1 aromatic carbocycles. The maximum absolute atomic E-state index is 3.51. The molecule has 0 bridgehead atoms. The predicted octanol–water partition coefficient (Wildman–Crippen LogP) is 2.93. The second-order valence-electron chi connectivity index (χ2n) is 5.86. The summed E-state index contributed by atoms with van der Waals surface area (Å²) in [6, 6.07) is 12.1. The van der Waals surface area contributed by atoms with Gasteiger partial charge in [-0.25, -0.2) is 0 Å². The van der Waals surface area contributed by atoms with Crippen molar-refractivity contribution in [1.29, 1.82) is 0 Å². The van der Waals surface area contributed by atoms with Crippen molar-refractivity contribution < 1.29 is 0 Å². The van der Waals surface area contributed by atoms with E-state index < -0.39 is 0 Å². The van der Waals surface area contributed by atoms with Crippen LogP contribution in [0.5, 0.6) is 0 Å². The van der Waals surface area contributed by atoms with E-state index in [4.69, 9.17) is 0 Å². The van der Waals surface area contributed by atoms with E-state index in [0.717, 1.165) is 6.04 Å². The highest BCUT2D eigenvalue weighted by molar-refractivity contribution is 5.44. The standard InChI is InChI=1S/C16H25N2/c1-3-7-15(8-4-1)18(13-5-2-6-14-18)16-9-11-17-12-10-16/h1,3-4,7-8,16-17H,2,5-6,9-14H2/q+1. The minimum absolute atomic E-state index is 0.842. The minimum atomic E-state index is 0.842. The monoisotopic (exact) mass is 245 g/mol. The largest absolute Gasteiger partial charge is 0.316 e. The molecule has 2 nitrogen and oxygen atoms in total. The highest BCUT2D eigenvalue weighted by Crippen LogP contribution is 2.34. The summed E-state index contributed by atoms with van der Waals surface area (Å²) in [5, 5.41) is 3.51. The van der Waals surface area contributed by atoms with Crippen LogP contribution in [-0.2, 0) is 0 Å². The lowest BCUT2D eigenvalue weighted by atomic mass is 9.95. The summed E-state index contributed by atoms with van der Waals surface area (Å²) in [4.78, 5) is 0. The molecular formula is C16H25N2+. The van der Waals surface area contributed by atoms with E-state index in [1.54, 1.807) is 5.69 Å². The predicted molar refractivity (Wildman–Crippen MR) is 77.7 cm³/mol. The molecule has 1 N–H and O–H groups in total. The lowest BCUT2D eigenvalue weighted by Gasteiger charge is -2.48. The molecule has 2 heterocycles. The van der Waals surface area contributed by atoms with Gasteiger partial charge in [0.15, 0.2) is 0 Å². The Kier molecular flexibility index (Phi) is 3.67. The van der Waals surface area contributed by atoms with Crippen molar-refractivity contribution in [3.8, 4) is 0 Å². The van der Waals surface area contributed by atoms with E-state index in [2.05, 4.69) is 35.6 Å². The maximum atomic E-state index is 3.51. The van der Waals surface area contributed by atoms with Crippen molar-refractivity contribution in [2.24, 2.45) is 0 Å². The average molecular weight is 245 g/mol. The highest BCUT2D eigenvalue weighted by Gasteiger charge is 2.40. The van der Waals surface area contributed by atoms with Gasteiger partial charge in [0.2, 0.25) is 0 Å². The normalized spacial score (nSPS) is 24.9. The van der Waals surface area contributed by atoms with Crippen molar-refractivity contribution in [3.05, 3.63) is 30.3 Å². The third-order valence-corrected chi connectivity index (χ3v) is 4.89. The van der Waals surface area contributed by atoms with E-state index in [0.29, 0.717) is 0 Å². The molecule has 2 aliphatic rings. The van der Waals surface area contributed by atoms with Gasteiger partial charge in [0.05, 0.1) is 19.1 Å². The molecule has 0 spiro atoms. The Bertz CT molecular complexity index is 362. The van der Waals surface area contributed by atoms with Crippen molar-refractivity contribution >= 4 is 5.69 Å². The van der Waals surface area contributed by atoms with Gasteiger partial charge in [0.25, 0.3) is 0 Å². The number of benzene rings is 1. The molecule has 2 aliphatic heterocycles. The van der Waals surface area contributed by atoms with Gasteiger partial charge in [0.1, 0.15) is 5.69 Å². The fourth-order valence-corrected chi connectivity index (χ4v) is 3.94. The molecular weight excluding hydrogens is 220 g/mol. The van der Waals surface area contributed by atoms with Crippen LogP contribution >= 0.6 is 0 Å². The molecule has 98 valence electrons. The molecule has 18 heavy (non-hydrogen) atoms. The number of para-hydroxylation sites is 1. The summed E-state index contributed by atoms with van der Waals surface area (Å²) in [5.74, 6) is 0. The van der Waals surface area contributed by atoms with Gasteiger partial charge in [-0.3, -0.25) is 4.48 Å². The minimum Gasteiger partial charge on any atom is -0.316 e. The molecule has 0 aliphatic carbocycles. The molecule has 0 unspecified atom stereocenters. The van der Waals surface area contributed by atoms with E-state index in [1.165, 1.54) is 62.8 Å². The summed E-state index contributed by atoms with van der Waals surface area (Å²) >= 11 is 0. The average Bonchev–Trinajstić information content (AvgIpc) is 2.50. The zero-order valence-corrected chi connectivity index (χ0v) is 11.3. The number of likely N-dealkylation sites (tertiary alicyclic amines) is 1. The summed E-state index contributed by atoms with van der Waals surface area (Å²) in [6.45, 7) is 5.12. The van der Waals surface area contributed by atoms with Crippen LogP contribution in [0.4, 0.5) is 5.69 Å². The fraction of sp³-hybridized carbons (Fsp3) is 0.625. The molecule has 0 saturated carbocycles. The van der Waals surface area contributed by atoms with E-state index in [1.807, 2.05) is 0 Å². The van der Waals surface area contributed by atoms with Crippen molar-refractivity contribution in [1.82, 2.24) is 9.80 Å². The van der Waals surface area contributed by atoms with E-state index >= 15 is 0 Å². The number of hydrogen-bond acceptors (Lipinski definition) is 1. The highest BCUT2D eigenvalue weighted by atomic mass is 15.4. The molecule has 0 amide bonds. The Morgan fingerprint density at radius 1 is 0.889 bits per heavy atom. The first-order chi connectivity index (χ1) is 8.92. The van der Waals surface area contributed by atoms with Gasteiger partial charge in [-0.1, -0.05) is 18.2 Å². The fourth-order valence-electron chi connectivity index (χ4n) is 3.94. The number of rotatable bonds is 2. The number of nitrogens with zero attached hydrogens (tertiary/aromatic N) is 1. The Balaban J connectivity index is 1.92. The van der Waals surface area contributed by atoms with Gasteiger partial charge in [-0.2, -0.15) is 0 Å². The van der Waals surface area contributed by atoms with E-state index in [9.17, 15) is 0 Å². The topological polar surface area (TPSA) is 12.0 Å². The quantitative estimate of drug-likeness (QED) is 0.790. The molecule has 3 rings (SSSR count). The van der Waals surface area contributed by atoms with Crippen molar-refractivity contribution in [2.75, 3.05) is 26.2 Å². The van der Waals surface area contributed by atoms with Gasteiger partial charge in [-0.05, 0) is 31.4 Å². The van der Waals surface area contributed by atoms with Crippen LogP contribution in [0.3, 0.4) is 0 Å². The summed E-state index contributed by atoms with van der Waals surface area (Å²) in [6.07, 6.45) is 6.92. The first-order valence-electron chi connectivity index (χ1n) is 7.55. The third-order valence-electron chi connectivity index (χ3n) is 4.89. The number of hydrogen-bond donors (Lipinski definition) is 1. The SMILES string of the molecule is c1ccc([N+]2(C3CCNCC3)CCCCC2)cc1. The van der Waals surface area contributed by atoms with Gasteiger partial charge < -0.3 is 5.32 Å². The van der Waals surface area contributed by atoms with Crippen molar-refractivity contribution in [2.45, 2.75) is 38.1 Å². The molecule has 0 radical (unpaired) electrons. The Labute approximate surface area is 111 Å². The second kappa shape index (κ2) is 5.41. The lowest BCUT2D eigenvalue weighted by Crippen LogP contribution is -2.62. The van der Waals surface area contributed by atoms with Crippen LogP contribution in [0, 0.1) is 0 Å². The molecule has 1 aromatic rings. The zero-order chi connectivity index (χ0) is 12.3. The lowest BCUT2D eigenvalue weighted by molar-refractivity contribution is 0.139. The maximum Gasteiger partial charge on any atom is 0.133 e. The molecule has 0 atom stereocenters. The first-order valence-corrected chi connectivity index (χ1v) is 7.55. The molecule has 2 fully saturated rings.